The van der Waals surface area contributed by atoms with Gasteiger partial charge in [-0.3, -0.25) is 0 Å². The molecule has 5 heteroatoms. The monoisotopic (exact) mass is 247 g/mol. The van der Waals surface area contributed by atoms with Crippen molar-refractivity contribution >= 4 is 5.97 Å². The quantitative estimate of drug-likeness (QED) is 0.438. The average molecular weight is 247 g/mol. The summed E-state index contributed by atoms with van der Waals surface area (Å²) in [6.07, 6.45) is 5.19. The molecule has 0 atom stereocenters. The fraction of sp³-hybridized carbons (Fsp3) is 0.917. The molecule has 4 N–H and O–H groups in total. The SMILES string of the molecule is CCCCC[N+](C)(C)CCCN.NCC(=O)[O-]. The van der Waals surface area contributed by atoms with E-state index < -0.39 is 5.97 Å². The number of nitrogens with two attached hydrogens (primary N) is 2. The van der Waals surface area contributed by atoms with E-state index in [9.17, 15) is 0 Å². The summed E-state index contributed by atoms with van der Waals surface area (Å²) in [5.41, 5.74) is 9.99. The molecule has 0 aromatic carbocycles. The summed E-state index contributed by atoms with van der Waals surface area (Å²) in [6.45, 7) is 5.21. The van der Waals surface area contributed by atoms with Crippen molar-refractivity contribution in [3.8, 4) is 0 Å². The molecular weight excluding hydrogens is 218 g/mol. The number of aliphatic carboxylic acids is 1. The van der Waals surface area contributed by atoms with Gasteiger partial charge in [-0.05, 0) is 19.4 Å². The highest BCUT2D eigenvalue weighted by molar-refractivity contribution is 5.66. The van der Waals surface area contributed by atoms with Crippen molar-refractivity contribution in [3.05, 3.63) is 0 Å². The van der Waals surface area contributed by atoms with Gasteiger partial charge in [0.25, 0.3) is 0 Å². The van der Waals surface area contributed by atoms with Crippen LogP contribution in [0.3, 0.4) is 0 Å². The van der Waals surface area contributed by atoms with E-state index in [-0.39, 0.29) is 6.54 Å². The van der Waals surface area contributed by atoms with Crippen LogP contribution < -0.4 is 16.6 Å². The van der Waals surface area contributed by atoms with Crippen LogP contribution in [0.5, 0.6) is 0 Å². The van der Waals surface area contributed by atoms with Crippen molar-refractivity contribution in [1.29, 1.82) is 0 Å². The molecule has 0 radical (unpaired) electrons. The zero-order valence-electron chi connectivity index (χ0n) is 11.6. The molecule has 104 valence electrons. The first-order chi connectivity index (χ1) is 7.89. The molecule has 0 fully saturated rings. The molecule has 0 aliphatic rings. The van der Waals surface area contributed by atoms with E-state index in [1.807, 2.05) is 0 Å². The van der Waals surface area contributed by atoms with E-state index in [0.717, 1.165) is 17.4 Å². The van der Waals surface area contributed by atoms with E-state index in [1.54, 1.807) is 0 Å². The number of carboxylic acid groups (broad SMARTS) is 1. The lowest BCUT2D eigenvalue weighted by Crippen LogP contribution is -2.41. The van der Waals surface area contributed by atoms with Crippen LogP contribution >= 0.6 is 0 Å². The van der Waals surface area contributed by atoms with Crippen molar-refractivity contribution in [2.75, 3.05) is 40.3 Å². The standard InChI is InChI=1S/C10H25N2.C2H5NO2/c1-4-5-6-9-12(2,3)10-7-8-11;3-1-2(4)5/h4-11H2,1-3H3;1,3H2,(H,4,5)/q+1;/p-1. The van der Waals surface area contributed by atoms with Gasteiger partial charge in [0.05, 0.1) is 33.2 Å². The maximum absolute atomic E-state index is 9.13. The Labute approximate surface area is 105 Å². The van der Waals surface area contributed by atoms with Crippen molar-refractivity contribution < 1.29 is 14.4 Å². The number of quaternary nitrogens is 1. The van der Waals surface area contributed by atoms with Crippen molar-refractivity contribution in [2.45, 2.75) is 32.6 Å². The molecule has 0 saturated carbocycles. The van der Waals surface area contributed by atoms with E-state index >= 15 is 0 Å². The first kappa shape index (κ1) is 18.7. The van der Waals surface area contributed by atoms with E-state index in [4.69, 9.17) is 15.6 Å². The maximum atomic E-state index is 9.13. The third-order valence-corrected chi connectivity index (χ3v) is 2.50. The van der Waals surface area contributed by atoms with Gasteiger partial charge < -0.3 is 25.9 Å². The predicted octanol–water partition coefficient (Wildman–Crippen LogP) is -0.703. The molecule has 0 aromatic rings. The van der Waals surface area contributed by atoms with Crippen LogP contribution in [0, 0.1) is 0 Å². The number of unbranched alkanes of at least 4 members (excludes halogenated alkanes) is 2. The Balaban J connectivity index is 0. The van der Waals surface area contributed by atoms with Crippen LogP contribution in [0.2, 0.25) is 0 Å². The number of nitrogens with zero attached hydrogens (tertiary/aromatic N) is 1. The zero-order valence-corrected chi connectivity index (χ0v) is 11.6. The minimum atomic E-state index is -1.22. The lowest BCUT2D eigenvalue weighted by Gasteiger charge is -2.29. The molecule has 0 spiro atoms. The van der Waals surface area contributed by atoms with Crippen LogP contribution in [-0.4, -0.2) is 50.7 Å². The van der Waals surface area contributed by atoms with Gasteiger partial charge in [0.1, 0.15) is 0 Å². The summed E-state index contributed by atoms with van der Waals surface area (Å²) in [4.78, 5) is 9.13. The van der Waals surface area contributed by atoms with Crippen molar-refractivity contribution in [2.24, 2.45) is 11.5 Å². The minimum absolute atomic E-state index is 0.389. The van der Waals surface area contributed by atoms with E-state index in [2.05, 4.69) is 26.8 Å². The summed E-state index contributed by atoms with van der Waals surface area (Å²) in [6, 6.07) is 0. The molecule has 0 saturated heterocycles. The molecule has 0 amide bonds. The fourth-order valence-corrected chi connectivity index (χ4v) is 1.42. The van der Waals surface area contributed by atoms with Crippen LogP contribution in [0.1, 0.15) is 32.6 Å². The lowest BCUT2D eigenvalue weighted by molar-refractivity contribution is -0.890. The number of carbonyl (C=O) groups is 1. The third kappa shape index (κ3) is 17.9. The van der Waals surface area contributed by atoms with Crippen LogP contribution in [0.15, 0.2) is 0 Å². The predicted molar refractivity (Wildman–Crippen MR) is 69.1 cm³/mol. The Kier molecular flexibility index (Phi) is 13.0. The zero-order chi connectivity index (χ0) is 13.7. The van der Waals surface area contributed by atoms with Crippen LogP contribution in [0.25, 0.3) is 0 Å². The Morgan fingerprint density at radius 1 is 1.12 bits per heavy atom. The van der Waals surface area contributed by atoms with E-state index in [0.29, 0.717) is 0 Å². The largest absolute Gasteiger partial charge is 0.549 e. The second kappa shape index (κ2) is 11.8. The topological polar surface area (TPSA) is 92.2 Å². The normalized spacial score (nSPS) is 10.6. The summed E-state index contributed by atoms with van der Waals surface area (Å²) in [7, 11) is 4.59. The second-order valence-corrected chi connectivity index (χ2v) is 4.81. The maximum Gasteiger partial charge on any atom is 0.0794 e. The molecule has 17 heavy (non-hydrogen) atoms. The number of carbonyl (C=O) groups excluding carboxylic acids is 1. The molecule has 0 unspecified atom stereocenters. The van der Waals surface area contributed by atoms with Gasteiger partial charge >= 0.3 is 0 Å². The van der Waals surface area contributed by atoms with Crippen LogP contribution in [-0.2, 0) is 4.79 Å². The van der Waals surface area contributed by atoms with Gasteiger partial charge in [0.2, 0.25) is 0 Å². The Morgan fingerprint density at radius 3 is 1.94 bits per heavy atom. The van der Waals surface area contributed by atoms with E-state index in [1.165, 1.54) is 32.4 Å². The van der Waals surface area contributed by atoms with Gasteiger partial charge in [0, 0.05) is 13.0 Å². The molecule has 0 aliphatic heterocycles. The molecule has 0 bridgehead atoms. The Hall–Kier alpha value is -0.650. The second-order valence-electron chi connectivity index (χ2n) is 4.81. The first-order valence-corrected chi connectivity index (χ1v) is 6.31. The highest BCUT2D eigenvalue weighted by Gasteiger charge is 2.12. The van der Waals surface area contributed by atoms with Gasteiger partial charge in [-0.2, -0.15) is 0 Å². The Bertz CT molecular complexity index is 185. The summed E-state index contributed by atoms with van der Waals surface area (Å²) in [5.74, 6) is -1.22. The molecule has 0 rings (SSSR count). The Morgan fingerprint density at radius 2 is 1.59 bits per heavy atom. The van der Waals surface area contributed by atoms with Crippen molar-refractivity contribution in [3.63, 3.8) is 0 Å². The highest BCUT2D eigenvalue weighted by atomic mass is 16.4. The molecule has 0 aromatic heterocycles. The lowest BCUT2D eigenvalue weighted by atomic mass is 10.2. The van der Waals surface area contributed by atoms with Gasteiger partial charge in [-0.1, -0.05) is 13.3 Å². The molecule has 0 aliphatic carbocycles. The first-order valence-electron chi connectivity index (χ1n) is 6.31. The molecular formula is C12H29N3O2. The number of hydrogen-bond donors (Lipinski definition) is 2. The highest BCUT2D eigenvalue weighted by Crippen LogP contribution is 2.04. The summed E-state index contributed by atoms with van der Waals surface area (Å²) >= 11 is 0. The number of hydrogen-bond acceptors (Lipinski definition) is 4. The average Bonchev–Trinajstić information content (AvgIpc) is 2.27. The molecule has 5 nitrogen and oxygen atoms in total. The van der Waals surface area contributed by atoms with Gasteiger partial charge in [0.15, 0.2) is 0 Å². The summed E-state index contributed by atoms with van der Waals surface area (Å²) < 4.78 is 1.14. The molecule has 0 heterocycles. The van der Waals surface area contributed by atoms with Crippen LogP contribution in [0.4, 0.5) is 0 Å². The fourth-order valence-electron chi connectivity index (χ4n) is 1.42. The summed E-state index contributed by atoms with van der Waals surface area (Å²) in [5, 5.41) is 9.13. The number of carboxylic acids is 1. The van der Waals surface area contributed by atoms with Gasteiger partial charge in [-0.15, -0.1) is 0 Å². The smallest absolute Gasteiger partial charge is 0.0794 e. The van der Waals surface area contributed by atoms with Crippen molar-refractivity contribution in [1.82, 2.24) is 0 Å². The number of rotatable bonds is 8. The minimum Gasteiger partial charge on any atom is -0.549 e. The van der Waals surface area contributed by atoms with Gasteiger partial charge in [-0.25, -0.2) is 0 Å². The third-order valence-electron chi connectivity index (χ3n) is 2.50.